The topological polar surface area (TPSA) is 62.5 Å². The van der Waals surface area contributed by atoms with Crippen molar-refractivity contribution in [1.82, 2.24) is 0 Å². The molecule has 0 heterocycles. The highest BCUT2D eigenvalue weighted by molar-refractivity contribution is 6.31. The third kappa shape index (κ3) is 5.42. The van der Waals surface area contributed by atoms with E-state index < -0.39 is 11.7 Å². The molecule has 0 spiro atoms. The van der Waals surface area contributed by atoms with Crippen LogP contribution in [0.3, 0.4) is 0 Å². The summed E-state index contributed by atoms with van der Waals surface area (Å²) in [6.45, 7) is 10.6. The smallest absolute Gasteiger partial charge is 0.236 e. The van der Waals surface area contributed by atoms with Gasteiger partial charge in [-0.1, -0.05) is 51.1 Å². The highest BCUT2D eigenvalue weighted by Crippen LogP contribution is 2.31. The number of nitriles is 1. The molecule has 142 valence electrons. The van der Waals surface area contributed by atoms with Gasteiger partial charge in [0, 0.05) is 0 Å². The van der Waals surface area contributed by atoms with Crippen LogP contribution in [0.2, 0.25) is 5.04 Å². The summed E-state index contributed by atoms with van der Waals surface area (Å²) < 4.78 is 11.3. The fraction of sp³-hybridized carbons (Fsp3) is 0.409. The van der Waals surface area contributed by atoms with Crippen molar-refractivity contribution in [2.75, 3.05) is 7.11 Å². The van der Waals surface area contributed by atoms with Crippen molar-refractivity contribution < 1.29 is 14.3 Å². The van der Waals surface area contributed by atoms with Crippen LogP contribution in [-0.2, 0) is 10.0 Å². The Bertz CT molecular complexity index is 817. The van der Waals surface area contributed by atoms with Crippen LogP contribution in [0.1, 0.15) is 63.0 Å². The molecule has 0 saturated carbocycles. The minimum Gasteiger partial charge on any atom is -0.495 e. The summed E-state index contributed by atoms with van der Waals surface area (Å²) >= 11 is 0. The Hall–Kier alpha value is -2.13. The second-order valence-electron chi connectivity index (χ2n) is 8.06. The summed E-state index contributed by atoms with van der Waals surface area (Å²) in [7, 11) is 1.92. The molecular weight excluding hydrogens is 354 g/mol. The van der Waals surface area contributed by atoms with Crippen LogP contribution >= 0.6 is 0 Å². The third-order valence-electron chi connectivity index (χ3n) is 4.19. The zero-order valence-corrected chi connectivity index (χ0v) is 17.8. The van der Waals surface area contributed by atoms with Gasteiger partial charge in [0.25, 0.3) is 0 Å². The van der Waals surface area contributed by atoms with E-state index in [2.05, 4.69) is 40.7 Å². The molecule has 0 aromatic heterocycles. The lowest BCUT2D eigenvalue weighted by Gasteiger charge is -2.30. The molecule has 0 aliphatic heterocycles. The number of methoxy groups -OCH3 is 1. The normalized spacial score (nSPS) is 13.1. The van der Waals surface area contributed by atoms with Gasteiger partial charge in [-0.05, 0) is 47.7 Å². The Balaban J connectivity index is 2.20. The average molecular weight is 382 g/mol. The van der Waals surface area contributed by atoms with Gasteiger partial charge >= 0.3 is 0 Å². The summed E-state index contributed by atoms with van der Waals surface area (Å²) in [5.41, 5.74) is 2.49. The van der Waals surface area contributed by atoms with Crippen molar-refractivity contribution in [2.24, 2.45) is 0 Å². The van der Waals surface area contributed by atoms with Crippen molar-refractivity contribution in [2.45, 2.75) is 51.4 Å². The minimum atomic E-state index is -0.808. The molecule has 27 heavy (non-hydrogen) atoms. The Labute approximate surface area is 164 Å². The third-order valence-corrected chi connectivity index (χ3v) is 5.42. The van der Waals surface area contributed by atoms with Gasteiger partial charge in [0.15, 0.2) is 0 Å². The lowest BCUT2D eigenvalue weighted by Crippen LogP contribution is -2.27. The van der Waals surface area contributed by atoms with E-state index in [-0.39, 0.29) is 5.04 Å². The lowest BCUT2D eigenvalue weighted by atomic mass is 9.94. The molecule has 4 nitrogen and oxygen atoms in total. The van der Waals surface area contributed by atoms with Gasteiger partial charge in [-0.25, -0.2) is 0 Å². The molecule has 1 atom stereocenters. The van der Waals surface area contributed by atoms with Crippen LogP contribution in [-0.4, -0.2) is 22.0 Å². The number of aliphatic hydroxyl groups excluding tert-OH is 1. The maximum Gasteiger partial charge on any atom is 0.236 e. The number of hydrogen-bond acceptors (Lipinski definition) is 4. The van der Waals surface area contributed by atoms with Gasteiger partial charge in [0.1, 0.15) is 17.9 Å². The molecule has 2 rings (SSSR count). The molecule has 2 aromatic carbocycles. The number of benzene rings is 2. The van der Waals surface area contributed by atoms with Crippen molar-refractivity contribution in [3.63, 3.8) is 0 Å². The number of nitrogens with zero attached hydrogens (tertiary/aromatic N) is 1. The molecule has 1 unspecified atom stereocenters. The number of ether oxygens (including phenoxy) is 1. The van der Waals surface area contributed by atoms with Gasteiger partial charge in [-0.2, -0.15) is 5.26 Å². The van der Waals surface area contributed by atoms with E-state index >= 15 is 0 Å². The van der Waals surface area contributed by atoms with Crippen LogP contribution in [0.5, 0.6) is 5.75 Å². The van der Waals surface area contributed by atoms with Gasteiger partial charge < -0.3 is 14.3 Å². The molecule has 2 radical (unpaired) electrons. The van der Waals surface area contributed by atoms with Crippen LogP contribution in [0, 0.1) is 11.3 Å². The summed E-state index contributed by atoms with van der Waals surface area (Å²) in [5.74, 6) is 0.502. The first-order valence-corrected chi connectivity index (χ1v) is 9.80. The lowest BCUT2D eigenvalue weighted by molar-refractivity contribution is 0.109. The Morgan fingerprint density at radius 1 is 1.00 bits per heavy atom. The Morgan fingerprint density at radius 2 is 1.59 bits per heavy atom. The second kappa shape index (κ2) is 8.26. The first-order valence-electron chi connectivity index (χ1n) is 8.89. The molecular formula is C22H27NO3Si. The number of aliphatic hydroxyl groups is 1. The summed E-state index contributed by atoms with van der Waals surface area (Å²) in [4.78, 5) is 0. The minimum absolute atomic E-state index is 0.125. The molecule has 2 aromatic rings. The van der Waals surface area contributed by atoms with Gasteiger partial charge in [0.2, 0.25) is 9.76 Å². The Kier molecular flexibility index (Phi) is 6.48. The summed E-state index contributed by atoms with van der Waals surface area (Å²) in [6, 6.07) is 15.0. The van der Waals surface area contributed by atoms with Crippen molar-refractivity contribution in [3.8, 4) is 11.8 Å². The van der Waals surface area contributed by atoms with Crippen molar-refractivity contribution in [3.05, 3.63) is 64.7 Å². The predicted octanol–water partition coefficient (Wildman–Crippen LogP) is 4.74. The van der Waals surface area contributed by atoms with Crippen LogP contribution < -0.4 is 4.74 Å². The van der Waals surface area contributed by atoms with E-state index in [4.69, 9.17) is 9.16 Å². The molecule has 0 fully saturated rings. The maximum atomic E-state index is 10.7. The molecule has 0 aliphatic carbocycles. The summed E-state index contributed by atoms with van der Waals surface area (Å²) in [5, 5.41) is 20.1. The second-order valence-corrected chi connectivity index (χ2v) is 9.97. The van der Waals surface area contributed by atoms with E-state index in [0.717, 1.165) is 11.1 Å². The molecule has 1 N–H and O–H groups in total. The van der Waals surface area contributed by atoms with Crippen molar-refractivity contribution >= 4 is 9.76 Å². The highest BCUT2D eigenvalue weighted by atomic mass is 28.2. The van der Waals surface area contributed by atoms with E-state index in [1.165, 1.54) is 7.11 Å². The first-order chi connectivity index (χ1) is 12.6. The van der Waals surface area contributed by atoms with E-state index in [9.17, 15) is 10.4 Å². The zero-order chi connectivity index (χ0) is 20.2. The Morgan fingerprint density at radius 3 is 2.11 bits per heavy atom. The number of hydrogen-bond donors (Lipinski definition) is 1. The maximum absolute atomic E-state index is 10.7. The van der Waals surface area contributed by atoms with Gasteiger partial charge in [0.05, 0.1) is 18.3 Å². The molecule has 0 aliphatic rings. The van der Waals surface area contributed by atoms with Crippen molar-refractivity contribution in [1.29, 1.82) is 5.26 Å². The standard InChI is InChI=1S/C22H27NO3Si/c1-21(2,3)27-26-22(4,5)18-10-7-15(8-11-18)20(24)16-9-12-19(25-6)17(13-16)14-23/h7-13,20,24H,1-6H3. The quantitative estimate of drug-likeness (QED) is 0.734. The van der Waals surface area contributed by atoms with Crippen LogP contribution in [0.25, 0.3) is 0 Å². The monoisotopic (exact) mass is 381 g/mol. The SMILES string of the molecule is COc1ccc(C(O)c2ccc(C(C)(C)O[Si]C(C)(C)C)cc2)cc1C#N. The highest BCUT2D eigenvalue weighted by Gasteiger charge is 2.25. The molecule has 0 bridgehead atoms. The van der Waals surface area contributed by atoms with Crippen LogP contribution in [0.15, 0.2) is 42.5 Å². The number of rotatable bonds is 6. The van der Waals surface area contributed by atoms with Gasteiger partial charge in [-0.3, -0.25) is 0 Å². The predicted molar refractivity (Wildman–Crippen MR) is 108 cm³/mol. The van der Waals surface area contributed by atoms with E-state index in [0.29, 0.717) is 26.6 Å². The molecule has 0 saturated heterocycles. The molecule has 5 heteroatoms. The fourth-order valence-electron chi connectivity index (χ4n) is 2.58. The largest absolute Gasteiger partial charge is 0.495 e. The summed E-state index contributed by atoms with van der Waals surface area (Å²) in [6.07, 6.45) is -0.808. The zero-order valence-electron chi connectivity index (χ0n) is 16.8. The molecule has 0 amide bonds. The van der Waals surface area contributed by atoms with E-state index in [1.54, 1.807) is 18.2 Å². The first kappa shape index (κ1) is 21.2. The van der Waals surface area contributed by atoms with E-state index in [1.807, 2.05) is 24.3 Å². The fourth-order valence-corrected chi connectivity index (χ4v) is 3.26. The van der Waals surface area contributed by atoms with Crippen LogP contribution in [0.4, 0.5) is 0 Å². The van der Waals surface area contributed by atoms with Gasteiger partial charge in [-0.15, -0.1) is 0 Å². The average Bonchev–Trinajstić information content (AvgIpc) is 2.65.